The number of benzene rings is 1. The van der Waals surface area contributed by atoms with Crippen LogP contribution in [-0.4, -0.2) is 16.3 Å². The van der Waals surface area contributed by atoms with Gasteiger partial charge in [0.15, 0.2) is 0 Å². The number of rotatable bonds is 8. The van der Waals surface area contributed by atoms with Crippen molar-refractivity contribution in [1.82, 2.24) is 15.1 Å². The maximum absolute atomic E-state index is 4.62. The summed E-state index contributed by atoms with van der Waals surface area (Å²) in [6.07, 6.45) is 5.44. The van der Waals surface area contributed by atoms with Crippen molar-refractivity contribution in [3.05, 3.63) is 52.8 Å². The standard InChI is InChI=1S/C18H27N3/c1-4-7-18-17(12-19-10-5-2)13-20-21(18)14-16-9-6-8-15(3)11-16/h6,8-9,11,13,19H,4-5,7,10,12,14H2,1-3H3. The van der Waals surface area contributed by atoms with Gasteiger partial charge in [-0.15, -0.1) is 0 Å². The van der Waals surface area contributed by atoms with Crippen molar-refractivity contribution in [2.24, 2.45) is 0 Å². The Morgan fingerprint density at radius 1 is 1.19 bits per heavy atom. The molecular formula is C18H27N3. The lowest BCUT2D eigenvalue weighted by Crippen LogP contribution is -2.15. The largest absolute Gasteiger partial charge is 0.313 e. The Balaban J connectivity index is 2.14. The second-order valence-corrected chi connectivity index (χ2v) is 5.69. The summed E-state index contributed by atoms with van der Waals surface area (Å²) in [5.74, 6) is 0. The molecule has 0 fully saturated rings. The van der Waals surface area contributed by atoms with Crippen LogP contribution >= 0.6 is 0 Å². The van der Waals surface area contributed by atoms with E-state index >= 15 is 0 Å². The first-order chi connectivity index (χ1) is 10.2. The van der Waals surface area contributed by atoms with Crippen LogP contribution in [0.4, 0.5) is 0 Å². The summed E-state index contributed by atoms with van der Waals surface area (Å²) in [4.78, 5) is 0. The molecule has 0 aliphatic rings. The quantitative estimate of drug-likeness (QED) is 0.750. The summed E-state index contributed by atoms with van der Waals surface area (Å²) >= 11 is 0. The van der Waals surface area contributed by atoms with Gasteiger partial charge in [0.05, 0.1) is 12.7 Å². The van der Waals surface area contributed by atoms with Crippen molar-refractivity contribution in [1.29, 1.82) is 0 Å². The van der Waals surface area contributed by atoms with Gasteiger partial charge in [-0.05, 0) is 31.9 Å². The molecule has 0 unspecified atom stereocenters. The Morgan fingerprint density at radius 2 is 2.05 bits per heavy atom. The topological polar surface area (TPSA) is 29.9 Å². The second kappa shape index (κ2) is 7.99. The molecular weight excluding hydrogens is 258 g/mol. The number of aryl methyl sites for hydroxylation is 1. The van der Waals surface area contributed by atoms with Crippen molar-refractivity contribution in [2.75, 3.05) is 6.54 Å². The van der Waals surface area contributed by atoms with Crippen molar-refractivity contribution in [3.8, 4) is 0 Å². The first-order valence-corrected chi connectivity index (χ1v) is 8.04. The third-order valence-electron chi connectivity index (χ3n) is 3.68. The zero-order chi connectivity index (χ0) is 15.1. The average molecular weight is 285 g/mol. The van der Waals surface area contributed by atoms with Gasteiger partial charge in [-0.1, -0.05) is 50.1 Å². The fourth-order valence-electron chi connectivity index (χ4n) is 2.64. The summed E-state index contributed by atoms with van der Waals surface area (Å²) in [5.41, 5.74) is 5.35. The lowest BCUT2D eigenvalue weighted by molar-refractivity contribution is 0.625. The Labute approximate surface area is 128 Å². The van der Waals surface area contributed by atoms with Crippen LogP contribution in [0.3, 0.4) is 0 Å². The van der Waals surface area contributed by atoms with E-state index in [1.54, 1.807) is 0 Å². The molecule has 114 valence electrons. The Morgan fingerprint density at radius 3 is 2.76 bits per heavy atom. The highest BCUT2D eigenvalue weighted by atomic mass is 15.3. The zero-order valence-corrected chi connectivity index (χ0v) is 13.5. The molecule has 1 aromatic carbocycles. The molecule has 2 rings (SSSR count). The van der Waals surface area contributed by atoms with Gasteiger partial charge in [-0.25, -0.2) is 0 Å². The van der Waals surface area contributed by atoms with Crippen molar-refractivity contribution >= 4 is 0 Å². The molecule has 3 nitrogen and oxygen atoms in total. The first-order valence-electron chi connectivity index (χ1n) is 8.04. The minimum Gasteiger partial charge on any atom is -0.313 e. The van der Waals surface area contributed by atoms with Crippen LogP contribution in [0, 0.1) is 6.92 Å². The van der Waals surface area contributed by atoms with Crippen LogP contribution in [0.25, 0.3) is 0 Å². The molecule has 3 heteroatoms. The molecule has 1 heterocycles. The Bertz CT molecular complexity index is 557. The minimum atomic E-state index is 0.866. The van der Waals surface area contributed by atoms with Gasteiger partial charge in [-0.2, -0.15) is 5.10 Å². The molecule has 1 N–H and O–H groups in total. The van der Waals surface area contributed by atoms with E-state index in [9.17, 15) is 0 Å². The summed E-state index contributed by atoms with van der Waals surface area (Å²) in [7, 11) is 0. The second-order valence-electron chi connectivity index (χ2n) is 5.69. The lowest BCUT2D eigenvalue weighted by atomic mass is 10.1. The Kier molecular flexibility index (Phi) is 6.00. The monoisotopic (exact) mass is 285 g/mol. The van der Waals surface area contributed by atoms with Gasteiger partial charge in [0, 0.05) is 17.8 Å². The molecule has 2 aromatic rings. The maximum atomic E-state index is 4.62. The predicted molar refractivity (Wildman–Crippen MR) is 88.5 cm³/mol. The van der Waals surface area contributed by atoms with E-state index in [1.807, 2.05) is 6.20 Å². The van der Waals surface area contributed by atoms with Crippen LogP contribution in [-0.2, 0) is 19.5 Å². The average Bonchev–Trinajstić information content (AvgIpc) is 2.83. The van der Waals surface area contributed by atoms with E-state index in [1.165, 1.54) is 28.8 Å². The maximum Gasteiger partial charge on any atom is 0.0662 e. The number of nitrogens with one attached hydrogen (secondary N) is 1. The SMILES string of the molecule is CCCNCc1cnn(Cc2cccc(C)c2)c1CCC. The molecule has 0 bridgehead atoms. The Hall–Kier alpha value is -1.61. The third kappa shape index (κ3) is 4.43. The highest BCUT2D eigenvalue weighted by Gasteiger charge is 2.10. The van der Waals surface area contributed by atoms with E-state index in [4.69, 9.17) is 0 Å². The molecule has 0 saturated carbocycles. The highest BCUT2D eigenvalue weighted by Crippen LogP contribution is 2.14. The summed E-state index contributed by atoms with van der Waals surface area (Å²) in [6.45, 7) is 9.42. The van der Waals surface area contributed by atoms with Crippen molar-refractivity contribution in [2.45, 2.75) is 53.1 Å². The predicted octanol–water partition coefficient (Wildman–Crippen LogP) is 3.69. The van der Waals surface area contributed by atoms with Crippen molar-refractivity contribution < 1.29 is 0 Å². The summed E-state index contributed by atoms with van der Waals surface area (Å²) < 4.78 is 2.17. The summed E-state index contributed by atoms with van der Waals surface area (Å²) in [6, 6.07) is 8.68. The highest BCUT2D eigenvalue weighted by molar-refractivity contribution is 5.24. The van der Waals surface area contributed by atoms with Gasteiger partial charge in [-0.3, -0.25) is 4.68 Å². The number of aromatic nitrogens is 2. The molecule has 0 atom stereocenters. The first kappa shape index (κ1) is 15.8. The van der Waals surface area contributed by atoms with Gasteiger partial charge >= 0.3 is 0 Å². The molecule has 0 spiro atoms. The molecule has 21 heavy (non-hydrogen) atoms. The minimum absolute atomic E-state index is 0.866. The van der Waals surface area contributed by atoms with Crippen LogP contribution in [0.15, 0.2) is 30.5 Å². The smallest absolute Gasteiger partial charge is 0.0662 e. The number of nitrogens with zero attached hydrogens (tertiary/aromatic N) is 2. The van der Waals surface area contributed by atoms with Gasteiger partial charge in [0.2, 0.25) is 0 Å². The molecule has 0 saturated heterocycles. The van der Waals surface area contributed by atoms with E-state index < -0.39 is 0 Å². The van der Waals surface area contributed by atoms with E-state index in [-0.39, 0.29) is 0 Å². The number of hydrogen-bond donors (Lipinski definition) is 1. The fourth-order valence-corrected chi connectivity index (χ4v) is 2.64. The fraction of sp³-hybridized carbons (Fsp3) is 0.500. The third-order valence-corrected chi connectivity index (χ3v) is 3.68. The molecule has 0 aliphatic carbocycles. The zero-order valence-electron chi connectivity index (χ0n) is 13.5. The van der Waals surface area contributed by atoms with Crippen LogP contribution in [0.1, 0.15) is 49.1 Å². The van der Waals surface area contributed by atoms with Crippen LogP contribution < -0.4 is 5.32 Å². The van der Waals surface area contributed by atoms with Crippen molar-refractivity contribution in [3.63, 3.8) is 0 Å². The van der Waals surface area contributed by atoms with Crippen LogP contribution in [0.2, 0.25) is 0 Å². The van der Waals surface area contributed by atoms with Gasteiger partial charge in [0.1, 0.15) is 0 Å². The lowest BCUT2D eigenvalue weighted by Gasteiger charge is -2.10. The van der Waals surface area contributed by atoms with E-state index in [2.05, 4.69) is 60.1 Å². The summed E-state index contributed by atoms with van der Waals surface area (Å²) in [5, 5.41) is 8.10. The molecule has 1 aromatic heterocycles. The van der Waals surface area contributed by atoms with Gasteiger partial charge < -0.3 is 5.32 Å². The molecule has 0 aliphatic heterocycles. The number of hydrogen-bond acceptors (Lipinski definition) is 2. The van der Waals surface area contributed by atoms with E-state index in [0.717, 1.165) is 32.5 Å². The van der Waals surface area contributed by atoms with Gasteiger partial charge in [0.25, 0.3) is 0 Å². The normalized spacial score (nSPS) is 11.0. The molecule has 0 amide bonds. The van der Waals surface area contributed by atoms with E-state index in [0.29, 0.717) is 0 Å². The van der Waals surface area contributed by atoms with Crippen LogP contribution in [0.5, 0.6) is 0 Å². The molecule has 0 radical (unpaired) electrons.